The Kier molecular flexibility index (Phi) is 7.30. The van der Waals surface area contributed by atoms with Gasteiger partial charge in [0.15, 0.2) is 0 Å². The van der Waals surface area contributed by atoms with Gasteiger partial charge in [0.05, 0.1) is 23.4 Å². The van der Waals surface area contributed by atoms with Gasteiger partial charge in [-0.3, -0.25) is 5.32 Å². The van der Waals surface area contributed by atoms with Gasteiger partial charge in [-0.05, 0) is 48.7 Å². The van der Waals surface area contributed by atoms with Gasteiger partial charge in [-0.15, -0.1) is 0 Å². The lowest BCUT2D eigenvalue weighted by Gasteiger charge is -2.20. The van der Waals surface area contributed by atoms with Crippen LogP contribution in [0.1, 0.15) is 50.1 Å². The molecule has 7 nitrogen and oxygen atoms in total. The van der Waals surface area contributed by atoms with Crippen LogP contribution >= 0.6 is 0 Å². The molecule has 1 aliphatic carbocycles. The van der Waals surface area contributed by atoms with Crippen molar-refractivity contribution in [3.63, 3.8) is 0 Å². The molecule has 5 rings (SSSR count). The number of halogens is 1. The average Bonchev–Trinajstić information content (AvgIpc) is 3.16. The Morgan fingerprint density at radius 1 is 0.972 bits per heavy atom. The topological polar surface area (TPSA) is 81.9 Å². The van der Waals surface area contributed by atoms with Crippen molar-refractivity contribution in [2.45, 2.75) is 51.2 Å². The number of imidazole rings is 1. The normalized spacial score (nSPS) is 14.2. The van der Waals surface area contributed by atoms with E-state index in [9.17, 15) is 9.18 Å². The molecule has 1 N–H and O–H groups in total. The van der Waals surface area contributed by atoms with Crippen LogP contribution in [0.4, 0.5) is 15.1 Å². The maximum atomic E-state index is 13.6. The fraction of sp³-hybridized carbons (Fsp3) is 0.286. The molecule has 0 bridgehead atoms. The molecule has 0 aliphatic heterocycles. The predicted molar refractivity (Wildman–Crippen MR) is 136 cm³/mol. The van der Waals surface area contributed by atoms with Crippen LogP contribution < -0.4 is 5.32 Å². The zero-order valence-corrected chi connectivity index (χ0v) is 19.9. The summed E-state index contributed by atoms with van der Waals surface area (Å²) < 4.78 is 21.1. The van der Waals surface area contributed by atoms with Gasteiger partial charge >= 0.3 is 6.09 Å². The number of aromatic nitrogens is 4. The lowest BCUT2D eigenvalue weighted by atomic mass is 10.1. The number of hydrogen-bond donors (Lipinski definition) is 1. The van der Waals surface area contributed by atoms with E-state index in [0.717, 1.165) is 48.2 Å². The van der Waals surface area contributed by atoms with Crippen molar-refractivity contribution in [2.75, 3.05) is 5.32 Å². The smallest absolute Gasteiger partial charge is 0.414 e. The van der Waals surface area contributed by atoms with E-state index in [4.69, 9.17) is 9.72 Å². The summed E-state index contributed by atoms with van der Waals surface area (Å²) >= 11 is 0. The van der Waals surface area contributed by atoms with Crippen molar-refractivity contribution in [3.8, 4) is 22.6 Å². The average molecular weight is 486 g/mol. The third-order valence-corrected chi connectivity index (χ3v) is 6.45. The standard InChI is InChI=1S/C28H28FN5O2/c29-22-14-12-21(13-15-22)25-26(34(19-31-25)23-10-6-1-2-7-11-23)24-16-17-30-27(32-24)33-28(35)36-18-20-8-4-3-5-9-20/h3-5,8-9,12-17,19,23H,1-2,6-7,10-11,18H2,(H,30,32,33,35). The minimum Gasteiger partial charge on any atom is -0.444 e. The van der Waals surface area contributed by atoms with Crippen molar-refractivity contribution in [2.24, 2.45) is 0 Å². The number of carbonyl (C=O) groups is 1. The van der Waals surface area contributed by atoms with Gasteiger partial charge in [-0.25, -0.2) is 24.1 Å². The van der Waals surface area contributed by atoms with E-state index in [1.165, 1.54) is 25.0 Å². The molecule has 0 radical (unpaired) electrons. The van der Waals surface area contributed by atoms with Gasteiger partial charge < -0.3 is 9.30 Å². The van der Waals surface area contributed by atoms with E-state index in [2.05, 4.69) is 19.9 Å². The lowest BCUT2D eigenvalue weighted by molar-refractivity contribution is 0.155. The first-order chi connectivity index (χ1) is 17.7. The van der Waals surface area contributed by atoms with Gasteiger partial charge in [-0.1, -0.05) is 56.0 Å². The number of nitrogens with one attached hydrogen (secondary N) is 1. The van der Waals surface area contributed by atoms with Crippen LogP contribution in [0, 0.1) is 5.82 Å². The predicted octanol–water partition coefficient (Wildman–Crippen LogP) is 6.79. The molecule has 0 spiro atoms. The highest BCUT2D eigenvalue weighted by atomic mass is 19.1. The summed E-state index contributed by atoms with van der Waals surface area (Å²) in [5.74, 6) is -0.157. The zero-order chi connectivity index (χ0) is 24.7. The van der Waals surface area contributed by atoms with Crippen LogP contribution in [0.25, 0.3) is 22.6 Å². The first-order valence-electron chi connectivity index (χ1n) is 12.3. The Hall–Kier alpha value is -4.07. The number of amides is 1. The second kappa shape index (κ2) is 11.1. The molecule has 8 heteroatoms. The summed E-state index contributed by atoms with van der Waals surface area (Å²) in [5.41, 5.74) is 3.87. The van der Waals surface area contributed by atoms with Crippen molar-refractivity contribution in [3.05, 3.63) is 84.6 Å². The summed E-state index contributed by atoms with van der Waals surface area (Å²) in [6, 6.07) is 17.9. The van der Waals surface area contributed by atoms with Crippen molar-refractivity contribution >= 4 is 12.0 Å². The van der Waals surface area contributed by atoms with Gasteiger partial charge in [0, 0.05) is 17.8 Å². The maximum Gasteiger partial charge on any atom is 0.414 e. The summed E-state index contributed by atoms with van der Waals surface area (Å²) in [5, 5.41) is 2.63. The zero-order valence-electron chi connectivity index (χ0n) is 19.9. The second-order valence-corrected chi connectivity index (χ2v) is 8.95. The van der Waals surface area contributed by atoms with Gasteiger partial charge in [0.2, 0.25) is 5.95 Å². The molecule has 2 aromatic carbocycles. The highest BCUT2D eigenvalue weighted by Gasteiger charge is 2.23. The third kappa shape index (κ3) is 5.59. The third-order valence-electron chi connectivity index (χ3n) is 6.45. The first-order valence-corrected chi connectivity index (χ1v) is 12.3. The SMILES string of the molecule is O=C(Nc1nccc(-c2c(-c3ccc(F)cc3)ncn2C2CCCCCC2)n1)OCc1ccccc1. The Balaban J connectivity index is 1.44. The van der Waals surface area contributed by atoms with Crippen LogP contribution in [-0.4, -0.2) is 25.6 Å². The fourth-order valence-electron chi connectivity index (χ4n) is 4.65. The molecule has 0 atom stereocenters. The molecule has 4 aromatic rings. The van der Waals surface area contributed by atoms with Crippen LogP contribution in [0.2, 0.25) is 0 Å². The van der Waals surface area contributed by atoms with E-state index < -0.39 is 6.09 Å². The van der Waals surface area contributed by atoms with Crippen molar-refractivity contribution < 1.29 is 13.9 Å². The van der Waals surface area contributed by atoms with Crippen molar-refractivity contribution in [1.29, 1.82) is 0 Å². The Morgan fingerprint density at radius 3 is 2.47 bits per heavy atom. The molecule has 0 unspecified atom stereocenters. The van der Waals surface area contributed by atoms with Crippen molar-refractivity contribution in [1.82, 2.24) is 19.5 Å². The van der Waals surface area contributed by atoms with Crippen LogP contribution in [0.5, 0.6) is 0 Å². The number of nitrogens with zero attached hydrogens (tertiary/aromatic N) is 4. The molecule has 1 amide bonds. The summed E-state index contributed by atoms with van der Waals surface area (Å²) in [6.45, 7) is 0.148. The number of ether oxygens (including phenoxy) is 1. The lowest BCUT2D eigenvalue weighted by Crippen LogP contribution is -2.16. The van der Waals surface area contributed by atoms with E-state index in [-0.39, 0.29) is 18.4 Å². The molecule has 1 fully saturated rings. The van der Waals surface area contributed by atoms with Gasteiger partial charge in [0.1, 0.15) is 12.4 Å². The van der Waals surface area contributed by atoms with E-state index in [1.807, 2.05) is 36.7 Å². The second-order valence-electron chi connectivity index (χ2n) is 8.95. The van der Waals surface area contributed by atoms with E-state index in [0.29, 0.717) is 11.7 Å². The van der Waals surface area contributed by atoms with Crippen LogP contribution in [0.15, 0.2) is 73.2 Å². The Morgan fingerprint density at radius 2 is 1.72 bits per heavy atom. The molecule has 2 heterocycles. The first kappa shape index (κ1) is 23.7. The molecule has 0 saturated heterocycles. The molecular formula is C28H28FN5O2. The van der Waals surface area contributed by atoms with Gasteiger partial charge in [-0.2, -0.15) is 0 Å². The number of carbonyl (C=O) groups excluding carboxylic acids is 1. The molecule has 184 valence electrons. The number of anilines is 1. The molecule has 2 aromatic heterocycles. The van der Waals surface area contributed by atoms with Crippen LogP contribution in [-0.2, 0) is 11.3 Å². The largest absolute Gasteiger partial charge is 0.444 e. The number of benzene rings is 2. The minimum atomic E-state index is -0.632. The maximum absolute atomic E-state index is 13.6. The highest BCUT2D eigenvalue weighted by molar-refractivity contribution is 5.83. The molecule has 1 saturated carbocycles. The number of rotatable bonds is 6. The Bertz CT molecular complexity index is 1300. The summed E-state index contributed by atoms with van der Waals surface area (Å²) in [6.07, 6.45) is 9.75. The molecular weight excluding hydrogens is 457 g/mol. The Labute approximate surface area is 209 Å². The molecule has 1 aliphatic rings. The highest BCUT2D eigenvalue weighted by Crippen LogP contribution is 2.36. The monoisotopic (exact) mass is 485 g/mol. The van der Waals surface area contributed by atoms with Crippen LogP contribution in [0.3, 0.4) is 0 Å². The van der Waals surface area contributed by atoms with E-state index >= 15 is 0 Å². The number of hydrogen-bond acceptors (Lipinski definition) is 5. The minimum absolute atomic E-state index is 0.143. The molecule has 36 heavy (non-hydrogen) atoms. The fourth-order valence-corrected chi connectivity index (χ4v) is 4.65. The van der Waals surface area contributed by atoms with E-state index in [1.54, 1.807) is 24.4 Å². The summed E-state index contributed by atoms with van der Waals surface area (Å²) in [7, 11) is 0. The quantitative estimate of drug-likeness (QED) is 0.304. The van der Waals surface area contributed by atoms with Gasteiger partial charge in [0.25, 0.3) is 0 Å². The summed E-state index contributed by atoms with van der Waals surface area (Å²) in [4.78, 5) is 26.0.